The van der Waals surface area contributed by atoms with E-state index in [0.717, 1.165) is 6.42 Å². The second-order valence-corrected chi connectivity index (χ2v) is 7.60. The van der Waals surface area contributed by atoms with Gasteiger partial charge in [-0.05, 0) is 41.5 Å². The molecule has 1 aliphatic rings. The second kappa shape index (κ2) is 8.44. The van der Waals surface area contributed by atoms with Crippen LogP contribution in [0.5, 0.6) is 0 Å². The van der Waals surface area contributed by atoms with Crippen molar-refractivity contribution in [3.63, 3.8) is 0 Å². The lowest BCUT2D eigenvalue weighted by Crippen LogP contribution is -2.31. The van der Waals surface area contributed by atoms with E-state index in [0.29, 0.717) is 0 Å². The van der Waals surface area contributed by atoms with E-state index in [1.165, 1.54) is 47.1 Å². The lowest BCUT2D eigenvalue weighted by molar-refractivity contribution is 0.711. The summed E-state index contributed by atoms with van der Waals surface area (Å²) < 4.78 is 0. The van der Waals surface area contributed by atoms with Gasteiger partial charge in [0.2, 0.25) is 0 Å². The first-order chi connectivity index (χ1) is 13.9. The summed E-state index contributed by atoms with van der Waals surface area (Å²) >= 11 is 0. The maximum Gasteiger partial charge on any atom is 0.0667 e. The molecule has 3 aromatic rings. The molecule has 0 nitrogen and oxygen atoms in total. The molecular formula is C28H28. The summed E-state index contributed by atoms with van der Waals surface area (Å²) in [6.45, 7) is 2.27. The molecule has 0 aromatic heterocycles. The standard InChI is InChI=1S/C28H28/c1-2-3-13-23-20-21-27(22-23)28(24-14-7-4-8-15-24,25-16-9-5-10-17-25)26-18-11-6-12-19-26/h4-12,14-20,22H,2-3,13,21H2,1H3. The lowest BCUT2D eigenvalue weighted by Gasteiger charge is -2.37. The summed E-state index contributed by atoms with van der Waals surface area (Å²) in [7, 11) is 0. The first-order valence-electron chi connectivity index (χ1n) is 10.4. The fourth-order valence-electron chi connectivity index (χ4n) is 4.52. The molecule has 0 fully saturated rings. The molecule has 0 aliphatic heterocycles. The van der Waals surface area contributed by atoms with Gasteiger partial charge in [-0.2, -0.15) is 0 Å². The number of rotatable bonds is 7. The van der Waals surface area contributed by atoms with Crippen molar-refractivity contribution in [1.82, 2.24) is 0 Å². The van der Waals surface area contributed by atoms with Crippen LogP contribution in [0.1, 0.15) is 49.3 Å². The first-order valence-corrected chi connectivity index (χ1v) is 10.4. The number of hydrogen-bond acceptors (Lipinski definition) is 0. The van der Waals surface area contributed by atoms with Gasteiger partial charge in [-0.3, -0.25) is 0 Å². The highest BCUT2D eigenvalue weighted by molar-refractivity contribution is 5.61. The fourth-order valence-corrected chi connectivity index (χ4v) is 4.52. The fraction of sp³-hybridized carbons (Fsp3) is 0.214. The quantitative estimate of drug-likeness (QED) is 0.381. The molecule has 0 unspecified atom stereocenters. The van der Waals surface area contributed by atoms with Gasteiger partial charge < -0.3 is 0 Å². The number of unbranched alkanes of at least 4 members (excludes halogenated alkanes) is 1. The molecule has 0 heterocycles. The number of hydrogen-bond donors (Lipinski definition) is 0. The summed E-state index contributed by atoms with van der Waals surface area (Å²) in [5.74, 6) is 0. The Labute approximate surface area is 169 Å². The average molecular weight is 365 g/mol. The van der Waals surface area contributed by atoms with Gasteiger partial charge >= 0.3 is 0 Å². The highest BCUT2D eigenvalue weighted by Crippen LogP contribution is 2.48. The highest BCUT2D eigenvalue weighted by Gasteiger charge is 2.40. The molecule has 0 saturated heterocycles. The van der Waals surface area contributed by atoms with Crippen LogP contribution in [0.3, 0.4) is 0 Å². The Morgan fingerprint density at radius 2 is 1.14 bits per heavy atom. The minimum Gasteiger partial charge on any atom is -0.0772 e. The molecule has 1 aliphatic carbocycles. The van der Waals surface area contributed by atoms with Crippen molar-refractivity contribution in [2.45, 2.75) is 38.0 Å². The molecule has 0 radical (unpaired) electrons. The highest BCUT2D eigenvalue weighted by atomic mass is 14.4. The van der Waals surface area contributed by atoms with Gasteiger partial charge in [0.1, 0.15) is 0 Å². The van der Waals surface area contributed by atoms with Gasteiger partial charge in [-0.1, -0.05) is 122 Å². The molecule has 0 amide bonds. The molecule has 4 rings (SSSR count). The van der Waals surface area contributed by atoms with Crippen LogP contribution in [0.2, 0.25) is 0 Å². The molecular weight excluding hydrogens is 336 g/mol. The van der Waals surface area contributed by atoms with Crippen molar-refractivity contribution >= 4 is 0 Å². The van der Waals surface area contributed by atoms with E-state index in [2.05, 4.69) is 110 Å². The van der Waals surface area contributed by atoms with Crippen LogP contribution in [0.4, 0.5) is 0 Å². The van der Waals surface area contributed by atoms with E-state index in [4.69, 9.17) is 0 Å². The molecule has 0 atom stereocenters. The van der Waals surface area contributed by atoms with Crippen molar-refractivity contribution in [2.75, 3.05) is 0 Å². The lowest BCUT2D eigenvalue weighted by atomic mass is 9.64. The zero-order valence-corrected chi connectivity index (χ0v) is 16.6. The zero-order chi connectivity index (χ0) is 19.2. The van der Waals surface area contributed by atoms with Crippen LogP contribution < -0.4 is 0 Å². The largest absolute Gasteiger partial charge is 0.0772 e. The van der Waals surface area contributed by atoms with Crippen molar-refractivity contribution in [3.8, 4) is 0 Å². The Bertz CT molecular complexity index is 850. The topological polar surface area (TPSA) is 0 Å². The predicted octanol–water partition coefficient (Wildman–Crippen LogP) is 7.47. The molecule has 140 valence electrons. The van der Waals surface area contributed by atoms with Gasteiger partial charge in [0.15, 0.2) is 0 Å². The van der Waals surface area contributed by atoms with Crippen molar-refractivity contribution in [3.05, 3.63) is 131 Å². The third kappa shape index (κ3) is 3.36. The van der Waals surface area contributed by atoms with Crippen molar-refractivity contribution < 1.29 is 0 Å². The Kier molecular flexibility index (Phi) is 5.58. The molecule has 0 spiro atoms. The summed E-state index contributed by atoms with van der Waals surface area (Å²) in [5.41, 5.74) is 6.72. The minimum absolute atomic E-state index is 0.256. The minimum atomic E-state index is -0.256. The van der Waals surface area contributed by atoms with Gasteiger partial charge in [0.25, 0.3) is 0 Å². The average Bonchev–Trinajstić information content (AvgIpc) is 3.24. The summed E-state index contributed by atoms with van der Waals surface area (Å²) in [6.07, 6.45) is 9.59. The van der Waals surface area contributed by atoms with Gasteiger partial charge in [-0.15, -0.1) is 0 Å². The molecule has 0 saturated carbocycles. The van der Waals surface area contributed by atoms with Crippen LogP contribution in [0.25, 0.3) is 0 Å². The van der Waals surface area contributed by atoms with Crippen LogP contribution in [-0.2, 0) is 5.41 Å². The maximum atomic E-state index is 2.47. The van der Waals surface area contributed by atoms with Crippen molar-refractivity contribution in [2.24, 2.45) is 0 Å². The Morgan fingerprint density at radius 3 is 1.57 bits per heavy atom. The summed E-state index contributed by atoms with van der Waals surface area (Å²) in [4.78, 5) is 0. The van der Waals surface area contributed by atoms with E-state index in [1.54, 1.807) is 0 Å². The Morgan fingerprint density at radius 1 is 0.679 bits per heavy atom. The molecule has 0 heteroatoms. The van der Waals surface area contributed by atoms with E-state index in [9.17, 15) is 0 Å². The van der Waals surface area contributed by atoms with E-state index < -0.39 is 0 Å². The van der Waals surface area contributed by atoms with Crippen LogP contribution in [0, 0.1) is 0 Å². The molecule has 0 bridgehead atoms. The molecule has 3 aromatic carbocycles. The van der Waals surface area contributed by atoms with Crippen LogP contribution in [-0.4, -0.2) is 0 Å². The van der Waals surface area contributed by atoms with E-state index >= 15 is 0 Å². The smallest absolute Gasteiger partial charge is 0.0667 e. The zero-order valence-electron chi connectivity index (χ0n) is 16.6. The van der Waals surface area contributed by atoms with Crippen LogP contribution in [0.15, 0.2) is 114 Å². The van der Waals surface area contributed by atoms with Crippen molar-refractivity contribution in [1.29, 1.82) is 0 Å². The summed E-state index contributed by atoms with van der Waals surface area (Å²) in [6, 6.07) is 33.0. The molecule has 0 N–H and O–H groups in total. The third-order valence-electron chi connectivity index (χ3n) is 5.86. The predicted molar refractivity (Wildman–Crippen MR) is 120 cm³/mol. The second-order valence-electron chi connectivity index (χ2n) is 7.60. The SMILES string of the molecule is CCCCC1=CCC(C(c2ccccc2)(c2ccccc2)c2ccccc2)=C1. The monoisotopic (exact) mass is 364 g/mol. The number of allylic oxidation sites excluding steroid dienone is 4. The third-order valence-corrected chi connectivity index (χ3v) is 5.86. The Hall–Kier alpha value is -2.86. The van der Waals surface area contributed by atoms with Gasteiger partial charge in [0.05, 0.1) is 5.41 Å². The Balaban J connectivity index is 1.95. The van der Waals surface area contributed by atoms with Crippen LogP contribution >= 0.6 is 0 Å². The summed E-state index contributed by atoms with van der Waals surface area (Å²) in [5, 5.41) is 0. The number of benzene rings is 3. The first kappa shape index (κ1) is 18.5. The van der Waals surface area contributed by atoms with Gasteiger partial charge in [0, 0.05) is 0 Å². The van der Waals surface area contributed by atoms with Gasteiger partial charge in [-0.25, -0.2) is 0 Å². The molecule has 28 heavy (non-hydrogen) atoms. The van der Waals surface area contributed by atoms with E-state index in [1.807, 2.05) is 0 Å². The normalized spacial score (nSPS) is 13.9. The van der Waals surface area contributed by atoms with E-state index in [-0.39, 0.29) is 5.41 Å². The maximum absolute atomic E-state index is 2.47.